The molecule has 1 amide bonds. The molecule has 7 heteroatoms. The average Bonchev–Trinajstić information content (AvgIpc) is 2.75. The van der Waals surface area contributed by atoms with Crippen molar-refractivity contribution in [3.8, 4) is 0 Å². The highest BCUT2D eigenvalue weighted by Crippen LogP contribution is 2.18. The first-order chi connectivity index (χ1) is 8.49. The lowest BCUT2D eigenvalue weighted by Crippen LogP contribution is -2.28. The molecule has 0 aliphatic heterocycles. The third-order valence-electron chi connectivity index (χ3n) is 2.12. The zero-order chi connectivity index (χ0) is 13.5. The fraction of sp³-hybridized carbons (Fsp3) is 0.727. The quantitative estimate of drug-likeness (QED) is 0.743. The van der Waals surface area contributed by atoms with Crippen LogP contribution in [0.25, 0.3) is 0 Å². The summed E-state index contributed by atoms with van der Waals surface area (Å²) < 4.78 is 5.23. The minimum atomic E-state index is -0.317. The van der Waals surface area contributed by atoms with Crippen molar-refractivity contribution in [1.82, 2.24) is 15.5 Å². The number of anilines is 1. The van der Waals surface area contributed by atoms with Gasteiger partial charge < -0.3 is 15.1 Å². The Balaban J connectivity index is 2.22. The highest BCUT2D eigenvalue weighted by molar-refractivity contribution is 6.20. The van der Waals surface area contributed by atoms with Crippen molar-refractivity contribution in [1.29, 1.82) is 0 Å². The Kier molecular flexibility index (Phi) is 5.91. The van der Waals surface area contributed by atoms with Gasteiger partial charge >= 0.3 is 6.01 Å². The van der Waals surface area contributed by atoms with Gasteiger partial charge in [0.15, 0.2) is 0 Å². The fourth-order valence-corrected chi connectivity index (χ4v) is 1.24. The smallest absolute Gasteiger partial charge is 0.315 e. The largest absolute Gasteiger partial charge is 0.407 e. The van der Waals surface area contributed by atoms with Crippen LogP contribution in [0.4, 0.5) is 6.01 Å². The van der Waals surface area contributed by atoms with Gasteiger partial charge in [-0.2, -0.15) is 0 Å². The lowest BCUT2D eigenvalue weighted by atomic mass is 10.2. The Bertz CT molecular complexity index is 379. The monoisotopic (exact) mass is 274 g/mol. The predicted molar refractivity (Wildman–Crippen MR) is 69.5 cm³/mol. The molecule has 102 valence electrons. The van der Waals surface area contributed by atoms with Gasteiger partial charge in [0, 0.05) is 19.5 Å². The summed E-state index contributed by atoms with van der Waals surface area (Å²) in [6, 6.07) is 0.286. The minimum Gasteiger partial charge on any atom is -0.407 e. The molecule has 1 unspecified atom stereocenters. The number of hydrogen-bond donors (Lipinski definition) is 2. The molecule has 0 bridgehead atoms. The van der Waals surface area contributed by atoms with Crippen LogP contribution in [0.15, 0.2) is 4.42 Å². The second-order valence-corrected chi connectivity index (χ2v) is 5.09. The van der Waals surface area contributed by atoms with E-state index in [9.17, 15) is 4.79 Å². The Hall–Kier alpha value is -1.30. The van der Waals surface area contributed by atoms with E-state index in [0.29, 0.717) is 31.3 Å². The molecule has 0 radical (unpaired) electrons. The van der Waals surface area contributed by atoms with Crippen molar-refractivity contribution in [2.24, 2.45) is 5.92 Å². The molecule has 0 aliphatic carbocycles. The topological polar surface area (TPSA) is 80.0 Å². The van der Waals surface area contributed by atoms with E-state index in [1.165, 1.54) is 0 Å². The summed E-state index contributed by atoms with van der Waals surface area (Å²) in [5.41, 5.74) is 0. The predicted octanol–water partition coefficient (Wildman–Crippen LogP) is 1.94. The van der Waals surface area contributed by atoms with Crippen LogP contribution in [0.5, 0.6) is 0 Å². The van der Waals surface area contributed by atoms with E-state index in [0.717, 1.165) is 0 Å². The number of halogens is 1. The first-order valence-electron chi connectivity index (χ1n) is 5.97. The molecule has 1 rings (SSSR count). The Morgan fingerprint density at radius 3 is 2.67 bits per heavy atom. The van der Waals surface area contributed by atoms with E-state index in [1.807, 2.05) is 13.8 Å². The molecule has 1 aromatic rings. The first-order valence-corrected chi connectivity index (χ1v) is 6.40. The van der Waals surface area contributed by atoms with Gasteiger partial charge in [0.25, 0.3) is 0 Å². The van der Waals surface area contributed by atoms with E-state index >= 15 is 0 Å². The molecule has 2 N–H and O–H groups in total. The summed E-state index contributed by atoms with van der Waals surface area (Å²) in [5, 5.41) is 12.9. The van der Waals surface area contributed by atoms with Crippen LogP contribution in [0.2, 0.25) is 0 Å². The Morgan fingerprint density at radius 1 is 1.39 bits per heavy atom. The summed E-state index contributed by atoms with van der Waals surface area (Å²) in [6.07, 6.45) is 0.362. The van der Waals surface area contributed by atoms with Crippen LogP contribution < -0.4 is 10.6 Å². The van der Waals surface area contributed by atoms with Crippen molar-refractivity contribution < 1.29 is 9.21 Å². The third kappa shape index (κ3) is 5.35. The maximum atomic E-state index is 11.4. The van der Waals surface area contributed by atoms with Gasteiger partial charge in [-0.3, -0.25) is 4.79 Å². The highest BCUT2D eigenvalue weighted by atomic mass is 35.5. The maximum absolute atomic E-state index is 11.4. The van der Waals surface area contributed by atoms with Crippen molar-refractivity contribution in [2.45, 2.75) is 32.6 Å². The summed E-state index contributed by atoms with van der Waals surface area (Å²) in [6.45, 7) is 6.98. The van der Waals surface area contributed by atoms with E-state index in [-0.39, 0.29) is 17.3 Å². The third-order valence-corrected chi connectivity index (χ3v) is 2.30. The number of nitrogens with zero attached hydrogens (tertiary/aromatic N) is 2. The number of rotatable bonds is 7. The lowest BCUT2D eigenvalue weighted by Gasteiger charge is -2.07. The molecule has 6 nitrogen and oxygen atoms in total. The first kappa shape index (κ1) is 14.8. The summed E-state index contributed by atoms with van der Waals surface area (Å²) in [5.74, 6) is 0.815. The van der Waals surface area contributed by atoms with Crippen LogP contribution in [-0.4, -0.2) is 29.2 Å². The van der Waals surface area contributed by atoms with Gasteiger partial charge in [-0.05, 0) is 12.8 Å². The Labute approximate surface area is 111 Å². The van der Waals surface area contributed by atoms with E-state index in [2.05, 4.69) is 20.8 Å². The maximum Gasteiger partial charge on any atom is 0.315 e. The summed E-state index contributed by atoms with van der Waals surface area (Å²) in [7, 11) is 0. The van der Waals surface area contributed by atoms with E-state index in [1.54, 1.807) is 6.92 Å². The zero-order valence-corrected chi connectivity index (χ0v) is 11.6. The second-order valence-electron chi connectivity index (χ2n) is 4.44. The molecule has 0 saturated carbocycles. The van der Waals surface area contributed by atoms with E-state index in [4.69, 9.17) is 16.0 Å². The summed E-state index contributed by atoms with van der Waals surface area (Å²) in [4.78, 5) is 11.4. The molecule has 0 aromatic carbocycles. The molecule has 18 heavy (non-hydrogen) atoms. The van der Waals surface area contributed by atoms with Gasteiger partial charge in [0.2, 0.25) is 11.8 Å². The lowest BCUT2D eigenvalue weighted by molar-refractivity contribution is -0.120. The molecule has 1 aromatic heterocycles. The molecule has 1 heterocycles. The van der Waals surface area contributed by atoms with Crippen LogP contribution >= 0.6 is 11.6 Å². The summed E-state index contributed by atoms with van der Waals surface area (Å²) >= 11 is 5.78. The van der Waals surface area contributed by atoms with Crippen molar-refractivity contribution in [2.75, 3.05) is 18.4 Å². The van der Waals surface area contributed by atoms with Crippen LogP contribution in [0, 0.1) is 5.92 Å². The fourth-order valence-electron chi connectivity index (χ4n) is 1.16. The van der Waals surface area contributed by atoms with Gasteiger partial charge in [-0.25, -0.2) is 0 Å². The number of hydrogen-bond acceptors (Lipinski definition) is 5. The SMILES string of the molecule is CC(C)CNC(=O)CCNc1nnc(C(C)Cl)o1. The number of aromatic nitrogens is 2. The second kappa shape index (κ2) is 7.20. The van der Waals surface area contributed by atoms with Gasteiger partial charge in [-0.15, -0.1) is 16.7 Å². The molecular formula is C11H19ClN4O2. The minimum absolute atomic E-state index is 0.00153. The normalized spacial score (nSPS) is 12.5. The molecule has 0 fully saturated rings. The number of alkyl halides is 1. The standard InChI is InChI=1S/C11H19ClN4O2/c1-7(2)6-14-9(17)4-5-13-11-16-15-10(18-11)8(3)12/h7-8H,4-6H2,1-3H3,(H,13,16)(H,14,17). The average molecular weight is 275 g/mol. The highest BCUT2D eigenvalue weighted by Gasteiger charge is 2.10. The van der Waals surface area contributed by atoms with Crippen molar-refractivity contribution in [3.63, 3.8) is 0 Å². The van der Waals surface area contributed by atoms with Gasteiger partial charge in [-0.1, -0.05) is 18.9 Å². The van der Waals surface area contributed by atoms with Gasteiger partial charge in [0.05, 0.1) is 0 Å². The van der Waals surface area contributed by atoms with Crippen molar-refractivity contribution >= 4 is 23.5 Å². The van der Waals surface area contributed by atoms with E-state index < -0.39 is 0 Å². The molecule has 0 saturated heterocycles. The molecule has 0 aliphatic rings. The van der Waals surface area contributed by atoms with Gasteiger partial charge in [0.1, 0.15) is 5.38 Å². The van der Waals surface area contributed by atoms with Crippen LogP contribution in [-0.2, 0) is 4.79 Å². The van der Waals surface area contributed by atoms with Crippen LogP contribution in [0.1, 0.15) is 38.5 Å². The molecule has 1 atom stereocenters. The number of carbonyl (C=O) groups excluding carboxylic acids is 1. The van der Waals surface area contributed by atoms with Crippen LogP contribution in [0.3, 0.4) is 0 Å². The zero-order valence-electron chi connectivity index (χ0n) is 10.9. The number of amides is 1. The Morgan fingerprint density at radius 2 is 2.11 bits per heavy atom. The molecular weight excluding hydrogens is 256 g/mol. The van der Waals surface area contributed by atoms with Crippen molar-refractivity contribution in [3.05, 3.63) is 5.89 Å². The number of carbonyl (C=O) groups is 1. The number of nitrogens with one attached hydrogen (secondary N) is 2. The molecule has 0 spiro atoms.